The summed E-state index contributed by atoms with van der Waals surface area (Å²) in [4.78, 5) is 23.6. The van der Waals surface area contributed by atoms with Crippen molar-refractivity contribution in [3.63, 3.8) is 0 Å². The second-order valence-corrected chi connectivity index (χ2v) is 6.53. The number of benzene rings is 1. The molecule has 0 heterocycles. The molecule has 0 aromatic heterocycles. The van der Waals surface area contributed by atoms with E-state index in [0.29, 0.717) is 35.3 Å². The molecule has 0 atom stereocenters. The van der Waals surface area contributed by atoms with Crippen LogP contribution in [0.1, 0.15) is 55.3 Å². The molecule has 24 heavy (non-hydrogen) atoms. The second-order valence-electron chi connectivity index (χ2n) is 6.13. The summed E-state index contributed by atoms with van der Waals surface area (Å²) in [6.45, 7) is 0.644. The monoisotopic (exact) mass is 352 g/mol. The molecule has 0 unspecified atom stereocenters. The molecule has 0 saturated heterocycles. The fraction of sp³-hybridized carbons (Fsp3) is 0.556. The first-order valence-corrected chi connectivity index (χ1v) is 8.89. The average Bonchev–Trinajstić information content (AvgIpc) is 2.85. The molecule has 0 radical (unpaired) electrons. The van der Waals surface area contributed by atoms with Crippen molar-refractivity contribution < 1.29 is 14.3 Å². The standard InChI is InChI=1S/C18H25ClN2O3/c1-24-18(23)13-8-9-15(19)16(12-13)21-17(22)10-11-20-14-6-4-2-3-5-7-14/h8-9,12,14,20H,2-7,10-11H2,1H3,(H,21,22). The van der Waals surface area contributed by atoms with Crippen LogP contribution in [0.4, 0.5) is 5.69 Å². The molecule has 1 fully saturated rings. The van der Waals surface area contributed by atoms with Gasteiger partial charge >= 0.3 is 5.97 Å². The summed E-state index contributed by atoms with van der Waals surface area (Å²) in [7, 11) is 1.31. The number of hydrogen-bond donors (Lipinski definition) is 2. The Hall–Kier alpha value is -1.59. The number of methoxy groups -OCH3 is 1. The Morgan fingerprint density at radius 3 is 2.58 bits per heavy atom. The normalized spacial score (nSPS) is 15.6. The van der Waals surface area contributed by atoms with Crippen molar-refractivity contribution in [1.29, 1.82) is 0 Å². The number of carbonyl (C=O) groups is 2. The van der Waals surface area contributed by atoms with Crippen molar-refractivity contribution in [3.8, 4) is 0 Å². The van der Waals surface area contributed by atoms with E-state index in [1.165, 1.54) is 51.7 Å². The maximum absolute atomic E-state index is 12.1. The molecule has 1 aliphatic rings. The van der Waals surface area contributed by atoms with Crippen LogP contribution in [0.25, 0.3) is 0 Å². The zero-order valence-electron chi connectivity index (χ0n) is 14.1. The maximum atomic E-state index is 12.1. The van der Waals surface area contributed by atoms with Crippen LogP contribution in [-0.2, 0) is 9.53 Å². The van der Waals surface area contributed by atoms with E-state index in [-0.39, 0.29) is 5.91 Å². The van der Waals surface area contributed by atoms with Gasteiger partial charge in [0.1, 0.15) is 0 Å². The number of ether oxygens (including phenoxy) is 1. The minimum atomic E-state index is -0.461. The van der Waals surface area contributed by atoms with Crippen LogP contribution in [0.15, 0.2) is 18.2 Å². The number of nitrogens with one attached hydrogen (secondary N) is 2. The zero-order valence-corrected chi connectivity index (χ0v) is 14.8. The van der Waals surface area contributed by atoms with Crippen LogP contribution in [-0.4, -0.2) is 31.6 Å². The van der Waals surface area contributed by atoms with Crippen molar-refractivity contribution in [2.45, 2.75) is 51.0 Å². The molecule has 1 aliphatic carbocycles. The van der Waals surface area contributed by atoms with Gasteiger partial charge in [0.2, 0.25) is 5.91 Å². The van der Waals surface area contributed by atoms with Crippen LogP contribution >= 0.6 is 11.6 Å². The van der Waals surface area contributed by atoms with Crippen LogP contribution in [0, 0.1) is 0 Å². The lowest BCUT2D eigenvalue weighted by molar-refractivity contribution is -0.116. The summed E-state index contributed by atoms with van der Waals surface area (Å²) in [6.07, 6.45) is 7.90. The lowest BCUT2D eigenvalue weighted by atomic mass is 10.1. The molecule has 2 N–H and O–H groups in total. The Balaban J connectivity index is 1.82. The predicted octanol–water partition coefficient (Wildman–Crippen LogP) is 3.77. The third-order valence-corrected chi connectivity index (χ3v) is 4.63. The van der Waals surface area contributed by atoms with Gasteiger partial charge in [-0.1, -0.05) is 37.3 Å². The van der Waals surface area contributed by atoms with Gasteiger partial charge in [-0.3, -0.25) is 4.79 Å². The number of halogens is 1. The molecule has 1 amide bonds. The van der Waals surface area contributed by atoms with Gasteiger partial charge < -0.3 is 15.4 Å². The molecule has 0 aliphatic heterocycles. The molecule has 5 nitrogen and oxygen atoms in total. The molecular formula is C18H25ClN2O3. The van der Waals surface area contributed by atoms with Crippen LogP contribution in [0.5, 0.6) is 0 Å². The van der Waals surface area contributed by atoms with E-state index in [9.17, 15) is 9.59 Å². The van der Waals surface area contributed by atoms with Gasteiger partial charge in [-0.05, 0) is 31.0 Å². The first kappa shape index (κ1) is 18.7. The molecule has 6 heteroatoms. The van der Waals surface area contributed by atoms with E-state index in [4.69, 9.17) is 11.6 Å². The van der Waals surface area contributed by atoms with Crippen LogP contribution < -0.4 is 10.6 Å². The van der Waals surface area contributed by atoms with E-state index in [1.807, 2.05) is 0 Å². The highest BCUT2D eigenvalue weighted by Crippen LogP contribution is 2.23. The summed E-state index contributed by atoms with van der Waals surface area (Å²) < 4.78 is 4.67. The minimum absolute atomic E-state index is 0.125. The van der Waals surface area contributed by atoms with E-state index >= 15 is 0 Å². The van der Waals surface area contributed by atoms with Gasteiger partial charge in [0.25, 0.3) is 0 Å². The molecular weight excluding hydrogens is 328 g/mol. The number of esters is 1. The van der Waals surface area contributed by atoms with E-state index < -0.39 is 5.97 Å². The molecule has 1 aromatic rings. The van der Waals surface area contributed by atoms with Gasteiger partial charge in [-0.15, -0.1) is 0 Å². The Kier molecular flexibility index (Phi) is 7.53. The lowest BCUT2D eigenvalue weighted by Crippen LogP contribution is -2.31. The molecule has 0 bridgehead atoms. The number of hydrogen-bond acceptors (Lipinski definition) is 4. The molecule has 132 valence electrons. The average molecular weight is 353 g/mol. The number of anilines is 1. The first-order chi connectivity index (χ1) is 11.6. The third kappa shape index (κ3) is 5.80. The van der Waals surface area contributed by atoms with Gasteiger partial charge in [0, 0.05) is 19.0 Å². The predicted molar refractivity (Wildman–Crippen MR) is 95.5 cm³/mol. The Bertz CT molecular complexity index is 569. The maximum Gasteiger partial charge on any atom is 0.337 e. The van der Waals surface area contributed by atoms with Gasteiger partial charge in [-0.25, -0.2) is 4.79 Å². The fourth-order valence-corrected chi connectivity index (χ4v) is 3.12. The van der Waals surface area contributed by atoms with E-state index in [1.54, 1.807) is 12.1 Å². The second kappa shape index (κ2) is 9.64. The highest BCUT2D eigenvalue weighted by molar-refractivity contribution is 6.33. The highest BCUT2D eigenvalue weighted by Gasteiger charge is 2.13. The van der Waals surface area contributed by atoms with Crippen molar-refractivity contribution >= 4 is 29.2 Å². The van der Waals surface area contributed by atoms with Crippen molar-refractivity contribution in [1.82, 2.24) is 5.32 Å². The summed E-state index contributed by atoms with van der Waals surface area (Å²) in [5.41, 5.74) is 0.785. The SMILES string of the molecule is COC(=O)c1ccc(Cl)c(NC(=O)CCNC2CCCCCC2)c1. The van der Waals surface area contributed by atoms with Crippen LogP contribution in [0.3, 0.4) is 0 Å². The lowest BCUT2D eigenvalue weighted by Gasteiger charge is -2.16. The minimum Gasteiger partial charge on any atom is -0.465 e. The van der Waals surface area contributed by atoms with Crippen molar-refractivity contribution in [2.75, 3.05) is 19.0 Å². The summed E-state index contributed by atoms with van der Waals surface area (Å²) >= 11 is 6.08. The van der Waals surface area contributed by atoms with Crippen molar-refractivity contribution in [2.24, 2.45) is 0 Å². The Morgan fingerprint density at radius 1 is 1.21 bits per heavy atom. The van der Waals surface area contributed by atoms with E-state index in [0.717, 1.165) is 0 Å². The largest absolute Gasteiger partial charge is 0.465 e. The van der Waals surface area contributed by atoms with E-state index in [2.05, 4.69) is 15.4 Å². The quantitative estimate of drug-likeness (QED) is 0.604. The van der Waals surface area contributed by atoms with Crippen molar-refractivity contribution in [3.05, 3.63) is 28.8 Å². The smallest absolute Gasteiger partial charge is 0.337 e. The zero-order chi connectivity index (χ0) is 17.4. The fourth-order valence-electron chi connectivity index (χ4n) is 2.95. The molecule has 1 saturated carbocycles. The van der Waals surface area contributed by atoms with Gasteiger partial charge in [0.05, 0.1) is 23.4 Å². The molecule has 2 rings (SSSR count). The first-order valence-electron chi connectivity index (χ1n) is 8.51. The highest BCUT2D eigenvalue weighted by atomic mass is 35.5. The van der Waals surface area contributed by atoms with Gasteiger partial charge in [-0.2, -0.15) is 0 Å². The Labute approximate surface area is 148 Å². The Morgan fingerprint density at radius 2 is 1.92 bits per heavy atom. The summed E-state index contributed by atoms with van der Waals surface area (Å²) in [6, 6.07) is 5.20. The third-order valence-electron chi connectivity index (χ3n) is 4.30. The van der Waals surface area contributed by atoms with Gasteiger partial charge in [0.15, 0.2) is 0 Å². The summed E-state index contributed by atoms with van der Waals surface area (Å²) in [5.74, 6) is -0.586. The molecule has 0 spiro atoms. The van der Waals surface area contributed by atoms with Crippen LogP contribution in [0.2, 0.25) is 5.02 Å². The number of rotatable bonds is 6. The molecule has 1 aromatic carbocycles. The number of amides is 1. The topological polar surface area (TPSA) is 67.4 Å². The summed E-state index contributed by atoms with van der Waals surface area (Å²) in [5, 5.41) is 6.62. The number of carbonyl (C=O) groups excluding carboxylic acids is 2.